The van der Waals surface area contributed by atoms with Crippen molar-refractivity contribution in [2.75, 3.05) is 13.1 Å². The zero-order valence-electron chi connectivity index (χ0n) is 17.7. The fourth-order valence-electron chi connectivity index (χ4n) is 3.77. The van der Waals surface area contributed by atoms with Gasteiger partial charge in [0.25, 0.3) is 5.91 Å². The Morgan fingerprint density at radius 2 is 1.69 bits per heavy atom. The number of hydrogen-bond donors (Lipinski definition) is 1. The first kappa shape index (κ1) is 26.8. The molecule has 1 heterocycles. The van der Waals surface area contributed by atoms with E-state index in [0.29, 0.717) is 12.1 Å². The van der Waals surface area contributed by atoms with Gasteiger partial charge in [0.1, 0.15) is 12.0 Å². The molecule has 1 amide bonds. The lowest BCUT2D eigenvalue weighted by Crippen LogP contribution is -2.44. The Morgan fingerprint density at radius 3 is 2.23 bits per heavy atom. The molecular weight excluding hydrogens is 515 g/mol. The van der Waals surface area contributed by atoms with E-state index in [-0.39, 0.29) is 22.4 Å². The van der Waals surface area contributed by atoms with Gasteiger partial charge in [-0.1, -0.05) is 17.7 Å². The van der Waals surface area contributed by atoms with Crippen LogP contribution in [-0.4, -0.2) is 37.1 Å². The lowest BCUT2D eigenvalue weighted by molar-refractivity contribution is -0.184. The molecule has 35 heavy (non-hydrogen) atoms. The van der Waals surface area contributed by atoms with Gasteiger partial charge in [0.2, 0.25) is 0 Å². The number of nitrogens with zero attached hydrogens (tertiary/aromatic N) is 1. The predicted octanol–water partition coefficient (Wildman–Crippen LogP) is 6.65. The number of hydrogen-bond acceptors (Lipinski definition) is 2. The zero-order valence-corrected chi connectivity index (χ0v) is 18.5. The summed E-state index contributed by atoms with van der Waals surface area (Å²) in [6, 6.07) is 5.40. The highest BCUT2D eigenvalue weighted by Crippen LogP contribution is 2.49. The molecule has 0 bridgehead atoms. The van der Waals surface area contributed by atoms with Crippen molar-refractivity contribution in [2.24, 2.45) is 4.99 Å². The molecule has 0 aliphatic carbocycles. The van der Waals surface area contributed by atoms with Crippen molar-refractivity contribution in [3.8, 4) is 0 Å². The topological polar surface area (TPSA) is 41.5 Å². The number of carbonyl (C=O) groups excluding carboxylic acids is 1. The van der Waals surface area contributed by atoms with Gasteiger partial charge >= 0.3 is 18.5 Å². The molecule has 1 unspecified atom stereocenters. The first-order chi connectivity index (χ1) is 15.9. The van der Waals surface area contributed by atoms with E-state index >= 15 is 0 Å². The van der Waals surface area contributed by atoms with Crippen LogP contribution in [0.3, 0.4) is 0 Å². The van der Waals surface area contributed by atoms with Crippen molar-refractivity contribution in [3.63, 3.8) is 0 Å². The maximum absolute atomic E-state index is 14.2. The maximum atomic E-state index is 14.2. The highest BCUT2D eigenvalue weighted by Gasteiger charge is 2.59. The molecule has 0 radical (unpaired) electrons. The second-order valence-corrected chi connectivity index (χ2v) is 8.51. The van der Waals surface area contributed by atoms with E-state index in [4.69, 9.17) is 11.6 Å². The first-order valence-electron chi connectivity index (χ1n) is 9.87. The van der Waals surface area contributed by atoms with E-state index in [0.717, 1.165) is 12.1 Å². The highest BCUT2D eigenvalue weighted by molar-refractivity contribution is 6.30. The Labute approximate surface area is 198 Å². The number of aliphatic imine (C=N–C) groups is 1. The maximum Gasteiger partial charge on any atom is 0.416 e. The molecule has 2 aromatic rings. The average Bonchev–Trinajstić information content (AvgIpc) is 3.17. The Balaban J connectivity index is 1.93. The molecule has 0 fully saturated rings. The summed E-state index contributed by atoms with van der Waals surface area (Å²) in [6.45, 7) is -1.07. The molecule has 1 aliphatic rings. The van der Waals surface area contributed by atoms with E-state index in [1.807, 2.05) is 0 Å². The monoisotopic (exact) mass is 530 g/mol. The largest absolute Gasteiger partial charge is 0.416 e. The molecule has 2 aromatic carbocycles. The van der Waals surface area contributed by atoms with Crippen LogP contribution in [0.1, 0.15) is 39.0 Å². The average molecular weight is 531 g/mol. The van der Waals surface area contributed by atoms with E-state index in [1.165, 1.54) is 19.1 Å². The number of rotatable bonds is 4. The molecule has 1 atom stereocenters. The van der Waals surface area contributed by atoms with E-state index in [1.54, 1.807) is 5.32 Å². The Hall–Kier alpha value is -2.76. The molecule has 1 N–H and O–H groups in total. The van der Waals surface area contributed by atoms with Gasteiger partial charge in [0.15, 0.2) is 0 Å². The third kappa shape index (κ3) is 5.74. The minimum atomic E-state index is -4.99. The summed E-state index contributed by atoms with van der Waals surface area (Å²) in [7, 11) is 0. The summed E-state index contributed by atoms with van der Waals surface area (Å²) in [5.74, 6) is -1.03. The number of benzene rings is 2. The molecule has 1 aliphatic heterocycles. The van der Waals surface area contributed by atoms with E-state index in [2.05, 4.69) is 4.99 Å². The Kier molecular flexibility index (Phi) is 6.93. The normalized spacial score (nSPS) is 19.0. The zero-order chi connectivity index (χ0) is 26.4. The summed E-state index contributed by atoms with van der Waals surface area (Å²) in [6.07, 6.45) is -15.3. The Morgan fingerprint density at radius 1 is 1.03 bits per heavy atom. The molecule has 3 rings (SSSR count). The van der Waals surface area contributed by atoms with Crippen molar-refractivity contribution in [3.05, 3.63) is 69.2 Å². The summed E-state index contributed by atoms with van der Waals surface area (Å²) in [5, 5.41) is 1.18. The molecule has 0 saturated carbocycles. The molecule has 3 nitrogen and oxygen atoms in total. The van der Waals surface area contributed by atoms with Gasteiger partial charge in [0.05, 0.1) is 12.1 Å². The number of aryl methyl sites for hydroxylation is 1. The van der Waals surface area contributed by atoms with Gasteiger partial charge < -0.3 is 5.32 Å². The lowest BCUT2D eigenvalue weighted by Gasteiger charge is -2.32. The second-order valence-electron chi connectivity index (χ2n) is 8.07. The summed E-state index contributed by atoms with van der Waals surface area (Å²) in [5.41, 5.74) is -4.67. The quantitative estimate of drug-likeness (QED) is 0.442. The molecular formula is C22H16ClF9N2O. The number of nitrogens with one attached hydrogen (secondary N) is 1. The second kappa shape index (κ2) is 9.03. The van der Waals surface area contributed by atoms with Crippen LogP contribution in [0.25, 0.3) is 0 Å². The van der Waals surface area contributed by atoms with Gasteiger partial charge in [-0.25, -0.2) is 0 Å². The third-order valence-corrected chi connectivity index (χ3v) is 5.80. The van der Waals surface area contributed by atoms with Gasteiger partial charge in [-0.2, -0.15) is 39.5 Å². The van der Waals surface area contributed by atoms with Crippen LogP contribution in [0.2, 0.25) is 5.02 Å². The predicted molar refractivity (Wildman–Crippen MR) is 110 cm³/mol. The summed E-state index contributed by atoms with van der Waals surface area (Å²) >= 11 is 5.71. The van der Waals surface area contributed by atoms with Crippen molar-refractivity contribution in [1.29, 1.82) is 0 Å². The van der Waals surface area contributed by atoms with E-state index < -0.39 is 65.5 Å². The van der Waals surface area contributed by atoms with Crippen molar-refractivity contribution in [1.82, 2.24) is 5.32 Å². The summed E-state index contributed by atoms with van der Waals surface area (Å²) in [4.78, 5) is 15.9. The summed E-state index contributed by atoms with van der Waals surface area (Å²) < 4.78 is 119. The molecule has 13 heteroatoms. The molecule has 0 saturated heterocycles. The van der Waals surface area contributed by atoms with Crippen LogP contribution in [0.5, 0.6) is 0 Å². The van der Waals surface area contributed by atoms with E-state index in [9.17, 15) is 44.3 Å². The smallest absolute Gasteiger partial charge is 0.343 e. The van der Waals surface area contributed by atoms with Crippen LogP contribution in [-0.2, 0) is 11.6 Å². The van der Waals surface area contributed by atoms with Crippen LogP contribution in [0.15, 0.2) is 41.4 Å². The standard InChI is InChI=1S/C22H16ClF9N2O/c1-11-4-12(2-3-16(11)18(35)34-10-20(24,25)26)17-8-19(9-33-17,22(30,31)32)13-5-14(21(27,28)29)7-15(23)6-13/h2-7H,8-10H2,1H3,(H,34,35). The number of halogens is 10. The number of alkyl halides is 9. The van der Waals surface area contributed by atoms with Crippen molar-refractivity contribution < 1.29 is 44.3 Å². The highest BCUT2D eigenvalue weighted by atomic mass is 35.5. The third-order valence-electron chi connectivity index (χ3n) is 5.58. The van der Waals surface area contributed by atoms with Crippen LogP contribution in [0.4, 0.5) is 39.5 Å². The fraction of sp³-hybridized carbons (Fsp3) is 0.364. The van der Waals surface area contributed by atoms with Gasteiger partial charge in [-0.05, 0) is 53.9 Å². The molecule has 0 aromatic heterocycles. The van der Waals surface area contributed by atoms with Crippen molar-refractivity contribution in [2.45, 2.75) is 37.3 Å². The molecule has 0 spiro atoms. The minimum Gasteiger partial charge on any atom is -0.343 e. The van der Waals surface area contributed by atoms with Crippen LogP contribution >= 0.6 is 11.6 Å². The first-order valence-corrected chi connectivity index (χ1v) is 10.2. The fourth-order valence-corrected chi connectivity index (χ4v) is 4.01. The van der Waals surface area contributed by atoms with Crippen LogP contribution in [0, 0.1) is 6.92 Å². The van der Waals surface area contributed by atoms with Gasteiger partial charge in [-0.15, -0.1) is 0 Å². The minimum absolute atomic E-state index is 0.0822. The molecule has 190 valence electrons. The lowest BCUT2D eigenvalue weighted by atomic mass is 9.76. The van der Waals surface area contributed by atoms with Gasteiger partial charge in [-0.3, -0.25) is 9.79 Å². The SMILES string of the molecule is Cc1cc(C2=NCC(c3cc(Cl)cc(C(F)(F)F)c3)(C(F)(F)F)C2)ccc1C(=O)NCC(F)(F)F. The Bertz CT molecular complexity index is 1170. The number of carbonyl (C=O) groups is 1. The van der Waals surface area contributed by atoms with Crippen LogP contribution < -0.4 is 5.32 Å². The number of amides is 1. The van der Waals surface area contributed by atoms with Gasteiger partial charge in [0, 0.05) is 22.7 Å². The van der Waals surface area contributed by atoms with Crippen molar-refractivity contribution >= 4 is 23.2 Å².